The molecule has 0 radical (unpaired) electrons. The van der Waals surface area contributed by atoms with Gasteiger partial charge in [0.15, 0.2) is 0 Å². The Balaban J connectivity index is 0.00000400. The molecule has 0 aromatic heterocycles. The van der Waals surface area contributed by atoms with Crippen molar-refractivity contribution in [3.05, 3.63) is 35.9 Å². The molecule has 3 N–H and O–H groups in total. The Kier molecular flexibility index (Phi) is 8.54. The zero-order valence-corrected chi connectivity index (χ0v) is 13.9. The topological polar surface area (TPSA) is 89.3 Å². The van der Waals surface area contributed by atoms with E-state index in [1.165, 1.54) is 6.26 Å². The molecule has 120 valence electrons. The molecule has 0 spiro atoms. The average Bonchev–Trinajstić information content (AvgIpc) is 2.36. The Morgan fingerprint density at radius 3 is 2.38 bits per heavy atom. The monoisotopic (exact) mass is 334 g/mol. The normalized spacial score (nSPS) is 13.9. The molecule has 5 nitrogen and oxygen atoms in total. The molecule has 1 amide bonds. The molecule has 0 aliphatic rings. The van der Waals surface area contributed by atoms with Crippen molar-refractivity contribution in [3.8, 4) is 0 Å². The van der Waals surface area contributed by atoms with Crippen LogP contribution in [0.5, 0.6) is 0 Å². The zero-order valence-electron chi connectivity index (χ0n) is 12.3. The van der Waals surface area contributed by atoms with E-state index in [1.54, 1.807) is 6.92 Å². The summed E-state index contributed by atoms with van der Waals surface area (Å²) in [6, 6.07) is 8.88. The number of nitrogens with two attached hydrogens (primary N) is 1. The Hall–Kier alpha value is -1.11. The van der Waals surface area contributed by atoms with Crippen LogP contribution in [0.3, 0.4) is 0 Å². The molecule has 1 rings (SSSR count). The van der Waals surface area contributed by atoms with Gasteiger partial charge in [-0.1, -0.05) is 30.3 Å². The van der Waals surface area contributed by atoms with Crippen LogP contribution < -0.4 is 11.1 Å². The fourth-order valence-electron chi connectivity index (χ4n) is 1.81. The van der Waals surface area contributed by atoms with Crippen molar-refractivity contribution in [1.29, 1.82) is 0 Å². The van der Waals surface area contributed by atoms with Crippen LogP contribution in [-0.4, -0.2) is 32.4 Å². The van der Waals surface area contributed by atoms with Crippen LogP contribution >= 0.6 is 12.4 Å². The molecule has 0 saturated carbocycles. The van der Waals surface area contributed by atoms with E-state index < -0.39 is 9.84 Å². The van der Waals surface area contributed by atoms with Crippen molar-refractivity contribution in [2.24, 2.45) is 5.73 Å². The molecule has 0 saturated heterocycles. The smallest absolute Gasteiger partial charge is 0.222 e. The second-order valence-corrected chi connectivity index (χ2v) is 7.37. The number of benzene rings is 1. The van der Waals surface area contributed by atoms with Crippen molar-refractivity contribution in [2.45, 2.75) is 31.8 Å². The first kappa shape index (κ1) is 19.9. The first-order valence-electron chi connectivity index (χ1n) is 6.55. The second kappa shape index (κ2) is 9.02. The van der Waals surface area contributed by atoms with Gasteiger partial charge < -0.3 is 11.1 Å². The minimum atomic E-state index is -3.00. The standard InChI is InChI=1S/C14H22N2O3S.ClH/c1-11(8-9-20(2,18)19)16-14(17)10-13(15)12-6-4-3-5-7-12;/h3-7,11,13H,8-10,15H2,1-2H3,(H,16,17);1H. The Morgan fingerprint density at radius 2 is 1.86 bits per heavy atom. The lowest BCUT2D eigenvalue weighted by Gasteiger charge is -2.16. The van der Waals surface area contributed by atoms with Crippen LogP contribution in [-0.2, 0) is 14.6 Å². The number of rotatable bonds is 7. The number of halogens is 1. The summed E-state index contributed by atoms with van der Waals surface area (Å²) in [5.41, 5.74) is 6.87. The predicted molar refractivity (Wildman–Crippen MR) is 87.2 cm³/mol. The van der Waals surface area contributed by atoms with E-state index >= 15 is 0 Å². The molecule has 0 aliphatic carbocycles. The fraction of sp³-hybridized carbons (Fsp3) is 0.500. The van der Waals surface area contributed by atoms with E-state index in [2.05, 4.69) is 5.32 Å². The van der Waals surface area contributed by atoms with Gasteiger partial charge in [-0.15, -0.1) is 12.4 Å². The lowest BCUT2D eigenvalue weighted by atomic mass is 10.0. The van der Waals surface area contributed by atoms with E-state index in [9.17, 15) is 13.2 Å². The van der Waals surface area contributed by atoms with Gasteiger partial charge in [0.25, 0.3) is 0 Å². The molecular formula is C14H23ClN2O3S. The number of carbonyl (C=O) groups excluding carboxylic acids is 1. The summed E-state index contributed by atoms with van der Waals surface area (Å²) in [5, 5.41) is 2.77. The molecule has 2 unspecified atom stereocenters. The first-order chi connectivity index (χ1) is 9.28. The summed E-state index contributed by atoms with van der Waals surface area (Å²) >= 11 is 0. The van der Waals surface area contributed by atoms with Gasteiger partial charge in [-0.25, -0.2) is 8.42 Å². The number of amides is 1. The Morgan fingerprint density at radius 1 is 1.29 bits per heavy atom. The maximum Gasteiger partial charge on any atom is 0.222 e. The fourth-order valence-corrected chi connectivity index (χ4v) is 2.60. The number of hydrogen-bond donors (Lipinski definition) is 2. The third-order valence-electron chi connectivity index (χ3n) is 2.96. The van der Waals surface area contributed by atoms with E-state index in [-0.39, 0.29) is 42.6 Å². The quantitative estimate of drug-likeness (QED) is 0.789. The Labute approximate surface area is 132 Å². The minimum Gasteiger partial charge on any atom is -0.354 e. The molecule has 7 heteroatoms. The molecule has 21 heavy (non-hydrogen) atoms. The van der Waals surface area contributed by atoms with Crippen molar-refractivity contribution in [3.63, 3.8) is 0 Å². The molecule has 0 bridgehead atoms. The highest BCUT2D eigenvalue weighted by Gasteiger charge is 2.14. The van der Waals surface area contributed by atoms with Gasteiger partial charge in [-0.05, 0) is 18.9 Å². The second-order valence-electron chi connectivity index (χ2n) is 5.11. The summed E-state index contributed by atoms with van der Waals surface area (Å²) < 4.78 is 22.1. The van der Waals surface area contributed by atoms with Gasteiger partial charge in [0.05, 0.1) is 5.75 Å². The van der Waals surface area contributed by atoms with E-state index in [0.717, 1.165) is 5.56 Å². The maximum absolute atomic E-state index is 11.8. The largest absolute Gasteiger partial charge is 0.354 e. The lowest BCUT2D eigenvalue weighted by Crippen LogP contribution is -2.35. The lowest BCUT2D eigenvalue weighted by molar-refractivity contribution is -0.122. The number of hydrogen-bond acceptors (Lipinski definition) is 4. The van der Waals surface area contributed by atoms with E-state index in [0.29, 0.717) is 6.42 Å². The summed E-state index contributed by atoms with van der Waals surface area (Å²) in [5.74, 6) is -0.0959. The average molecular weight is 335 g/mol. The number of nitrogens with one attached hydrogen (secondary N) is 1. The summed E-state index contributed by atoms with van der Waals surface area (Å²) in [6.07, 6.45) is 1.78. The summed E-state index contributed by atoms with van der Waals surface area (Å²) in [6.45, 7) is 1.79. The maximum atomic E-state index is 11.8. The SMILES string of the molecule is CC(CCS(C)(=O)=O)NC(=O)CC(N)c1ccccc1.Cl. The van der Waals surface area contributed by atoms with Crippen molar-refractivity contribution < 1.29 is 13.2 Å². The van der Waals surface area contributed by atoms with E-state index in [4.69, 9.17) is 5.73 Å². The van der Waals surface area contributed by atoms with Gasteiger partial charge in [0, 0.05) is 24.8 Å². The van der Waals surface area contributed by atoms with Crippen LogP contribution in [0, 0.1) is 0 Å². The molecule has 0 heterocycles. The number of carbonyl (C=O) groups is 1. The van der Waals surface area contributed by atoms with Gasteiger partial charge in [-0.3, -0.25) is 4.79 Å². The van der Waals surface area contributed by atoms with Gasteiger partial charge >= 0.3 is 0 Å². The zero-order chi connectivity index (χ0) is 15.2. The molecule has 0 aliphatic heterocycles. The highest BCUT2D eigenvalue weighted by molar-refractivity contribution is 7.90. The molecular weight excluding hydrogens is 312 g/mol. The summed E-state index contributed by atoms with van der Waals surface area (Å²) in [4.78, 5) is 11.8. The van der Waals surface area contributed by atoms with Crippen molar-refractivity contribution in [1.82, 2.24) is 5.32 Å². The van der Waals surface area contributed by atoms with Crippen LogP contribution in [0.4, 0.5) is 0 Å². The molecule has 1 aromatic carbocycles. The summed E-state index contributed by atoms with van der Waals surface area (Å²) in [7, 11) is -3.00. The highest BCUT2D eigenvalue weighted by atomic mass is 35.5. The van der Waals surface area contributed by atoms with E-state index in [1.807, 2.05) is 30.3 Å². The molecule has 2 atom stereocenters. The van der Waals surface area contributed by atoms with Crippen LogP contribution in [0.15, 0.2) is 30.3 Å². The number of sulfone groups is 1. The first-order valence-corrected chi connectivity index (χ1v) is 8.61. The molecule has 1 aromatic rings. The van der Waals surface area contributed by atoms with Crippen LogP contribution in [0.1, 0.15) is 31.4 Å². The van der Waals surface area contributed by atoms with Crippen LogP contribution in [0.25, 0.3) is 0 Å². The van der Waals surface area contributed by atoms with Gasteiger partial charge in [0.1, 0.15) is 9.84 Å². The Bertz CT molecular complexity index is 534. The highest BCUT2D eigenvalue weighted by Crippen LogP contribution is 2.13. The molecule has 0 fully saturated rings. The van der Waals surface area contributed by atoms with Crippen LogP contribution in [0.2, 0.25) is 0 Å². The third-order valence-corrected chi connectivity index (χ3v) is 3.94. The minimum absolute atomic E-state index is 0. The third kappa shape index (κ3) is 8.70. The van der Waals surface area contributed by atoms with Gasteiger partial charge in [-0.2, -0.15) is 0 Å². The van der Waals surface area contributed by atoms with Crippen molar-refractivity contribution in [2.75, 3.05) is 12.0 Å². The predicted octanol–water partition coefficient (Wildman–Crippen LogP) is 1.44. The van der Waals surface area contributed by atoms with Gasteiger partial charge in [0.2, 0.25) is 5.91 Å². The van der Waals surface area contributed by atoms with Crippen molar-refractivity contribution >= 4 is 28.2 Å².